The molecule has 0 spiro atoms. The predicted molar refractivity (Wildman–Crippen MR) is 138 cm³/mol. The first kappa shape index (κ1) is 24.1. The van der Waals surface area contributed by atoms with E-state index >= 15 is 0 Å². The molecule has 3 aliphatic rings. The van der Waals surface area contributed by atoms with E-state index in [0.717, 1.165) is 22.3 Å². The summed E-state index contributed by atoms with van der Waals surface area (Å²) >= 11 is 0. The van der Waals surface area contributed by atoms with Crippen molar-refractivity contribution in [3.63, 3.8) is 0 Å². The predicted octanol–water partition coefficient (Wildman–Crippen LogP) is 4.18. The van der Waals surface area contributed by atoms with E-state index in [1.165, 1.54) is 0 Å². The highest BCUT2D eigenvalue weighted by Gasteiger charge is 2.36. The van der Waals surface area contributed by atoms with E-state index in [0.29, 0.717) is 65.6 Å². The molecule has 3 aliphatic heterocycles. The van der Waals surface area contributed by atoms with Crippen LogP contribution in [0.25, 0.3) is 11.1 Å². The maximum atomic E-state index is 12.9. The van der Waals surface area contributed by atoms with E-state index in [2.05, 4.69) is 10.2 Å². The maximum Gasteiger partial charge on any atom is 0.231 e. The van der Waals surface area contributed by atoms with Crippen LogP contribution in [0.3, 0.4) is 0 Å². The van der Waals surface area contributed by atoms with Crippen molar-refractivity contribution in [1.29, 1.82) is 0 Å². The van der Waals surface area contributed by atoms with E-state index in [9.17, 15) is 4.79 Å². The number of ether oxygens (including phenoxy) is 7. The zero-order valence-electron chi connectivity index (χ0n) is 21.4. The molecule has 198 valence electrons. The second-order valence-electron chi connectivity index (χ2n) is 9.06. The van der Waals surface area contributed by atoms with Crippen LogP contribution in [0.1, 0.15) is 17.5 Å². The number of nitrogens with one attached hydrogen (secondary N) is 1. The summed E-state index contributed by atoms with van der Waals surface area (Å²) in [6.07, 6.45) is 0.284. The number of hydrogen-bond acceptors (Lipinski definition) is 9. The lowest BCUT2D eigenvalue weighted by Gasteiger charge is -2.21. The van der Waals surface area contributed by atoms with Crippen LogP contribution in [0.2, 0.25) is 0 Å². The number of nitrogens with zero attached hydrogens (tertiary/aromatic N) is 1. The fraction of sp³-hybridized carbons (Fsp3) is 0.321. The second kappa shape index (κ2) is 9.86. The molecular weight excluding hydrogens is 492 g/mol. The quantitative estimate of drug-likeness (QED) is 0.492. The van der Waals surface area contributed by atoms with Gasteiger partial charge in [0.05, 0.1) is 27.0 Å². The van der Waals surface area contributed by atoms with Gasteiger partial charge in [-0.05, 0) is 35.4 Å². The molecule has 3 aromatic rings. The molecule has 0 aromatic heterocycles. The first-order valence-corrected chi connectivity index (χ1v) is 12.3. The summed E-state index contributed by atoms with van der Waals surface area (Å²) < 4.78 is 40.1. The molecule has 0 fully saturated rings. The average molecular weight is 521 g/mol. The van der Waals surface area contributed by atoms with Crippen molar-refractivity contribution >= 4 is 11.6 Å². The summed E-state index contributed by atoms with van der Waals surface area (Å²) in [7, 11) is 4.79. The molecule has 0 unspecified atom stereocenters. The molecule has 10 heteroatoms. The van der Waals surface area contributed by atoms with E-state index in [-0.39, 0.29) is 25.9 Å². The fourth-order valence-corrected chi connectivity index (χ4v) is 5.19. The van der Waals surface area contributed by atoms with Gasteiger partial charge < -0.3 is 38.5 Å². The Labute approximate surface area is 219 Å². The molecule has 3 heterocycles. The zero-order chi connectivity index (χ0) is 26.2. The fourth-order valence-electron chi connectivity index (χ4n) is 5.19. The number of para-hydroxylation sites is 2. The van der Waals surface area contributed by atoms with Gasteiger partial charge in [0.25, 0.3) is 0 Å². The molecule has 10 nitrogen and oxygen atoms in total. The maximum absolute atomic E-state index is 12.9. The van der Waals surface area contributed by atoms with Crippen LogP contribution in [0.15, 0.2) is 36.4 Å². The van der Waals surface area contributed by atoms with E-state index in [1.807, 2.05) is 36.4 Å². The summed E-state index contributed by atoms with van der Waals surface area (Å²) in [6.45, 7) is 1.81. The number of fused-ring (bicyclic) bond motifs is 7. The number of hydrogen-bond donors (Lipinski definition) is 1. The van der Waals surface area contributed by atoms with Gasteiger partial charge in [-0.3, -0.25) is 9.69 Å². The number of carbonyl (C=O) groups is 1. The van der Waals surface area contributed by atoms with Crippen LogP contribution in [0.4, 0.5) is 5.69 Å². The van der Waals surface area contributed by atoms with E-state index in [4.69, 9.17) is 33.2 Å². The molecule has 0 radical (unpaired) electrons. The number of methoxy groups -OCH3 is 3. The van der Waals surface area contributed by atoms with Crippen LogP contribution in [-0.4, -0.2) is 52.3 Å². The van der Waals surface area contributed by atoms with Crippen molar-refractivity contribution in [1.82, 2.24) is 4.90 Å². The van der Waals surface area contributed by atoms with Crippen LogP contribution in [0, 0.1) is 0 Å². The van der Waals surface area contributed by atoms with Gasteiger partial charge in [-0.25, -0.2) is 0 Å². The van der Waals surface area contributed by atoms with Crippen LogP contribution in [0.5, 0.6) is 40.2 Å². The molecular formula is C28H28N2O8. The molecule has 0 saturated heterocycles. The third kappa shape index (κ3) is 4.06. The normalized spacial score (nSPS) is 14.8. The summed E-state index contributed by atoms with van der Waals surface area (Å²) in [4.78, 5) is 15.1. The summed E-state index contributed by atoms with van der Waals surface area (Å²) in [5, 5.41) is 2.96. The molecule has 38 heavy (non-hydrogen) atoms. The van der Waals surface area contributed by atoms with Crippen molar-refractivity contribution in [2.24, 2.45) is 0 Å². The van der Waals surface area contributed by atoms with E-state index < -0.39 is 0 Å². The number of carbonyl (C=O) groups excluding carboxylic acids is 1. The Morgan fingerprint density at radius 3 is 1.87 bits per heavy atom. The highest BCUT2D eigenvalue weighted by atomic mass is 16.7. The monoisotopic (exact) mass is 520 g/mol. The Hall–Kier alpha value is -4.31. The topological polar surface area (TPSA) is 97.0 Å². The van der Waals surface area contributed by atoms with Gasteiger partial charge in [-0.1, -0.05) is 12.1 Å². The van der Waals surface area contributed by atoms with E-state index in [1.54, 1.807) is 21.3 Å². The Kier molecular flexibility index (Phi) is 6.24. The number of anilines is 1. The van der Waals surface area contributed by atoms with Gasteiger partial charge in [0, 0.05) is 37.2 Å². The third-order valence-corrected chi connectivity index (χ3v) is 6.89. The molecule has 1 N–H and O–H groups in total. The highest BCUT2D eigenvalue weighted by Crippen LogP contribution is 2.57. The SMILES string of the molecule is COc1ccccc1NC(=O)CCN1Cc2cc(OC)c3c(c2-c2c(cc(OC)c4c2OCO4)C1)OCO3. The molecule has 0 bridgehead atoms. The lowest BCUT2D eigenvalue weighted by Crippen LogP contribution is -2.26. The molecule has 3 aromatic carbocycles. The van der Waals surface area contributed by atoms with Gasteiger partial charge in [-0.15, -0.1) is 0 Å². The molecule has 6 rings (SSSR count). The standard InChI is InChI=1S/C28H28N2O8/c1-32-19-7-5-4-6-18(19)29-22(31)8-9-30-12-16-10-20(33-2)25-27(37-14-35-25)23(16)24-17(13-30)11-21(34-3)26-28(24)38-15-36-26/h4-7,10-11H,8-9,12-15H2,1-3H3,(H,29,31). The number of amides is 1. The molecule has 0 saturated carbocycles. The Balaban J connectivity index is 1.36. The van der Waals surface area contributed by atoms with Crippen LogP contribution in [-0.2, 0) is 17.9 Å². The van der Waals surface area contributed by atoms with Gasteiger partial charge in [0.1, 0.15) is 5.75 Å². The molecule has 0 atom stereocenters. The highest BCUT2D eigenvalue weighted by molar-refractivity contribution is 5.92. The zero-order valence-corrected chi connectivity index (χ0v) is 21.4. The van der Waals surface area contributed by atoms with Crippen molar-refractivity contribution in [2.45, 2.75) is 19.5 Å². The number of benzene rings is 3. The first-order valence-electron chi connectivity index (χ1n) is 12.3. The van der Waals surface area contributed by atoms with Gasteiger partial charge in [0.15, 0.2) is 23.0 Å². The minimum Gasteiger partial charge on any atom is -0.495 e. The Bertz CT molecular complexity index is 1330. The lowest BCUT2D eigenvalue weighted by atomic mass is 9.93. The van der Waals surface area contributed by atoms with Crippen molar-refractivity contribution in [2.75, 3.05) is 46.8 Å². The molecule has 0 aliphatic carbocycles. The third-order valence-electron chi connectivity index (χ3n) is 6.89. The summed E-state index contributed by atoms with van der Waals surface area (Å²) in [5.74, 6) is 4.04. The van der Waals surface area contributed by atoms with Crippen molar-refractivity contribution in [3.8, 4) is 51.4 Å². The van der Waals surface area contributed by atoms with Gasteiger partial charge in [-0.2, -0.15) is 0 Å². The lowest BCUT2D eigenvalue weighted by molar-refractivity contribution is -0.116. The minimum atomic E-state index is -0.106. The van der Waals surface area contributed by atoms with Crippen molar-refractivity contribution < 1.29 is 38.0 Å². The second-order valence-corrected chi connectivity index (χ2v) is 9.06. The smallest absolute Gasteiger partial charge is 0.231 e. The van der Waals surface area contributed by atoms with Gasteiger partial charge in [0.2, 0.25) is 31.0 Å². The minimum absolute atomic E-state index is 0.0972. The van der Waals surface area contributed by atoms with Gasteiger partial charge >= 0.3 is 0 Å². The Morgan fingerprint density at radius 2 is 1.32 bits per heavy atom. The molecule has 1 amide bonds. The first-order chi connectivity index (χ1) is 18.6. The van der Waals surface area contributed by atoms with Crippen LogP contribution < -0.4 is 38.5 Å². The van der Waals surface area contributed by atoms with Crippen LogP contribution >= 0.6 is 0 Å². The number of rotatable bonds is 7. The van der Waals surface area contributed by atoms with Crippen molar-refractivity contribution in [3.05, 3.63) is 47.5 Å². The summed E-state index contributed by atoms with van der Waals surface area (Å²) in [6, 6.07) is 11.3. The summed E-state index contributed by atoms with van der Waals surface area (Å²) in [5.41, 5.74) is 4.33. The largest absolute Gasteiger partial charge is 0.495 e. The average Bonchev–Trinajstić information content (AvgIpc) is 3.59. The Morgan fingerprint density at radius 1 is 0.789 bits per heavy atom.